The van der Waals surface area contributed by atoms with Crippen molar-refractivity contribution >= 4 is 0 Å². The van der Waals surface area contributed by atoms with Crippen molar-refractivity contribution in [3.05, 3.63) is 0 Å². The summed E-state index contributed by atoms with van der Waals surface area (Å²) < 4.78 is 0. The molecular formula is C14H31N3. The molecule has 0 radical (unpaired) electrons. The smallest absolute Gasteiger partial charge is 0.000756 e. The first-order valence-electron chi connectivity index (χ1n) is 7.19. The van der Waals surface area contributed by atoms with E-state index in [1.54, 1.807) is 0 Å². The zero-order valence-corrected chi connectivity index (χ0v) is 12.0. The molecule has 0 saturated carbocycles. The molecule has 1 fully saturated rings. The highest BCUT2D eigenvalue weighted by Crippen LogP contribution is 2.17. The molecule has 1 aliphatic rings. The van der Waals surface area contributed by atoms with Gasteiger partial charge in [0.1, 0.15) is 0 Å². The Morgan fingerprint density at radius 1 is 1.35 bits per heavy atom. The maximum absolute atomic E-state index is 5.63. The third-order valence-electron chi connectivity index (χ3n) is 4.05. The predicted molar refractivity (Wildman–Crippen MR) is 75.2 cm³/mol. The van der Waals surface area contributed by atoms with Crippen LogP contribution in [-0.4, -0.2) is 56.6 Å². The van der Waals surface area contributed by atoms with Crippen molar-refractivity contribution in [3.63, 3.8) is 0 Å². The summed E-state index contributed by atoms with van der Waals surface area (Å²) in [5.41, 5.74) is 5.63. The van der Waals surface area contributed by atoms with E-state index >= 15 is 0 Å². The third-order valence-corrected chi connectivity index (χ3v) is 4.05. The van der Waals surface area contributed by atoms with Crippen molar-refractivity contribution in [2.75, 3.05) is 46.8 Å². The Labute approximate surface area is 107 Å². The van der Waals surface area contributed by atoms with Gasteiger partial charge in [-0.15, -0.1) is 0 Å². The summed E-state index contributed by atoms with van der Waals surface area (Å²) in [5, 5.41) is 0. The normalized spacial score (nSPS) is 21.0. The fraction of sp³-hybridized carbons (Fsp3) is 1.00. The summed E-state index contributed by atoms with van der Waals surface area (Å²) in [4.78, 5) is 4.96. The van der Waals surface area contributed by atoms with E-state index in [2.05, 4.69) is 30.8 Å². The fourth-order valence-electron chi connectivity index (χ4n) is 2.60. The first-order chi connectivity index (χ1) is 8.11. The Kier molecular flexibility index (Phi) is 7.09. The van der Waals surface area contributed by atoms with Gasteiger partial charge < -0.3 is 15.5 Å². The van der Waals surface area contributed by atoms with Crippen LogP contribution in [0.5, 0.6) is 0 Å². The van der Waals surface area contributed by atoms with Crippen LogP contribution in [0.1, 0.15) is 32.6 Å². The Morgan fingerprint density at radius 2 is 2.00 bits per heavy atom. The molecule has 1 heterocycles. The summed E-state index contributed by atoms with van der Waals surface area (Å²) in [5.74, 6) is 1.61. The van der Waals surface area contributed by atoms with Crippen LogP contribution in [0, 0.1) is 11.8 Å². The van der Waals surface area contributed by atoms with Crippen LogP contribution in [0.15, 0.2) is 0 Å². The molecule has 0 amide bonds. The van der Waals surface area contributed by atoms with Gasteiger partial charge in [0.05, 0.1) is 0 Å². The molecule has 1 rings (SSSR count). The highest BCUT2D eigenvalue weighted by molar-refractivity contribution is 4.72. The molecule has 3 heteroatoms. The largest absolute Gasteiger partial charge is 0.330 e. The minimum Gasteiger partial charge on any atom is -0.330 e. The lowest BCUT2D eigenvalue weighted by Crippen LogP contribution is -2.36. The Balaban J connectivity index is 2.06. The molecule has 1 saturated heterocycles. The van der Waals surface area contributed by atoms with Crippen LogP contribution in [-0.2, 0) is 0 Å². The zero-order valence-electron chi connectivity index (χ0n) is 12.0. The predicted octanol–water partition coefficient (Wildman–Crippen LogP) is 1.64. The molecule has 3 nitrogen and oxygen atoms in total. The lowest BCUT2D eigenvalue weighted by atomic mass is 9.96. The Morgan fingerprint density at radius 3 is 2.59 bits per heavy atom. The summed E-state index contributed by atoms with van der Waals surface area (Å²) in [6.07, 6.45) is 5.32. The molecule has 0 aromatic carbocycles. The van der Waals surface area contributed by atoms with Gasteiger partial charge in [0.15, 0.2) is 0 Å². The van der Waals surface area contributed by atoms with Gasteiger partial charge in [-0.25, -0.2) is 0 Å². The van der Waals surface area contributed by atoms with Crippen molar-refractivity contribution in [1.29, 1.82) is 0 Å². The van der Waals surface area contributed by atoms with Gasteiger partial charge >= 0.3 is 0 Å². The van der Waals surface area contributed by atoms with E-state index in [0.29, 0.717) is 5.92 Å². The van der Waals surface area contributed by atoms with E-state index in [-0.39, 0.29) is 0 Å². The maximum Gasteiger partial charge on any atom is 0.000756 e. The second-order valence-corrected chi connectivity index (χ2v) is 5.99. The number of hydrogen-bond acceptors (Lipinski definition) is 3. The molecule has 0 spiro atoms. The number of hydrogen-bond donors (Lipinski definition) is 1. The topological polar surface area (TPSA) is 32.5 Å². The molecule has 1 unspecified atom stereocenters. The van der Waals surface area contributed by atoms with Gasteiger partial charge in [0, 0.05) is 6.54 Å². The van der Waals surface area contributed by atoms with Gasteiger partial charge in [-0.05, 0) is 77.8 Å². The van der Waals surface area contributed by atoms with Crippen LogP contribution in [0.25, 0.3) is 0 Å². The number of piperidine rings is 1. The van der Waals surface area contributed by atoms with Crippen molar-refractivity contribution < 1.29 is 0 Å². The molecule has 0 aromatic rings. The maximum atomic E-state index is 5.63. The minimum atomic E-state index is 0.687. The van der Waals surface area contributed by atoms with Gasteiger partial charge in [-0.1, -0.05) is 6.92 Å². The molecule has 2 N–H and O–H groups in total. The molecule has 1 atom stereocenters. The van der Waals surface area contributed by atoms with Gasteiger partial charge in [-0.3, -0.25) is 0 Å². The molecule has 17 heavy (non-hydrogen) atoms. The molecule has 0 bridgehead atoms. The number of nitrogens with zero attached hydrogens (tertiary/aromatic N) is 2. The highest BCUT2D eigenvalue weighted by atomic mass is 15.1. The SMILES string of the molecule is CC(CN)CCCN(C)CC1CCN(C)CC1. The van der Waals surface area contributed by atoms with E-state index in [1.807, 2.05) is 0 Å². The zero-order chi connectivity index (χ0) is 12.7. The molecule has 0 aromatic heterocycles. The van der Waals surface area contributed by atoms with E-state index in [1.165, 1.54) is 51.9 Å². The minimum absolute atomic E-state index is 0.687. The second kappa shape index (κ2) is 8.06. The van der Waals surface area contributed by atoms with Crippen LogP contribution < -0.4 is 5.73 Å². The molecule has 1 aliphatic heterocycles. The second-order valence-electron chi connectivity index (χ2n) is 5.99. The number of rotatable bonds is 7. The Bertz CT molecular complexity index is 188. The quantitative estimate of drug-likeness (QED) is 0.735. The monoisotopic (exact) mass is 241 g/mol. The first-order valence-corrected chi connectivity index (χ1v) is 7.19. The summed E-state index contributed by atoms with van der Waals surface area (Å²) in [6, 6.07) is 0. The van der Waals surface area contributed by atoms with E-state index < -0.39 is 0 Å². The third kappa shape index (κ3) is 6.39. The molecule has 0 aliphatic carbocycles. The van der Waals surface area contributed by atoms with Crippen molar-refractivity contribution in [2.24, 2.45) is 17.6 Å². The van der Waals surface area contributed by atoms with Crippen LogP contribution in [0.3, 0.4) is 0 Å². The van der Waals surface area contributed by atoms with Crippen LogP contribution >= 0.6 is 0 Å². The first kappa shape index (κ1) is 14.9. The van der Waals surface area contributed by atoms with Crippen LogP contribution in [0.4, 0.5) is 0 Å². The van der Waals surface area contributed by atoms with Crippen molar-refractivity contribution in [2.45, 2.75) is 32.6 Å². The van der Waals surface area contributed by atoms with Crippen molar-refractivity contribution in [3.8, 4) is 0 Å². The Hall–Kier alpha value is -0.120. The number of nitrogens with two attached hydrogens (primary N) is 1. The summed E-state index contributed by atoms with van der Waals surface area (Å²) >= 11 is 0. The van der Waals surface area contributed by atoms with E-state index in [4.69, 9.17) is 5.73 Å². The van der Waals surface area contributed by atoms with Gasteiger partial charge in [-0.2, -0.15) is 0 Å². The van der Waals surface area contributed by atoms with E-state index in [0.717, 1.165) is 12.5 Å². The van der Waals surface area contributed by atoms with Gasteiger partial charge in [0.2, 0.25) is 0 Å². The van der Waals surface area contributed by atoms with Crippen molar-refractivity contribution in [1.82, 2.24) is 9.80 Å². The number of likely N-dealkylation sites (tertiary alicyclic amines) is 1. The summed E-state index contributed by atoms with van der Waals surface area (Å²) in [6.45, 7) is 8.16. The van der Waals surface area contributed by atoms with E-state index in [9.17, 15) is 0 Å². The highest BCUT2D eigenvalue weighted by Gasteiger charge is 2.17. The molecule has 102 valence electrons. The fourth-order valence-corrected chi connectivity index (χ4v) is 2.60. The lowest BCUT2D eigenvalue weighted by Gasteiger charge is -2.31. The van der Waals surface area contributed by atoms with Crippen LogP contribution in [0.2, 0.25) is 0 Å². The average molecular weight is 241 g/mol. The average Bonchev–Trinajstić information content (AvgIpc) is 2.32. The lowest BCUT2D eigenvalue weighted by molar-refractivity contribution is 0.174. The summed E-state index contributed by atoms with van der Waals surface area (Å²) in [7, 11) is 4.50. The molecular weight excluding hydrogens is 210 g/mol. The van der Waals surface area contributed by atoms with Gasteiger partial charge in [0.25, 0.3) is 0 Å². The standard InChI is InChI=1S/C14H31N3/c1-13(11-15)5-4-8-17(3)12-14-6-9-16(2)10-7-14/h13-14H,4-12,15H2,1-3H3.